The van der Waals surface area contributed by atoms with E-state index in [1.54, 1.807) is 0 Å². The first kappa shape index (κ1) is 11.4. The lowest BCUT2D eigenvalue weighted by Crippen LogP contribution is -1.98. The molecule has 0 bridgehead atoms. The van der Waals surface area contributed by atoms with Gasteiger partial charge in [0.25, 0.3) is 0 Å². The van der Waals surface area contributed by atoms with E-state index in [0.717, 1.165) is 5.71 Å². The molecule has 0 amide bonds. The Kier molecular flexibility index (Phi) is 4.55. The van der Waals surface area contributed by atoms with E-state index in [0.29, 0.717) is 0 Å². The summed E-state index contributed by atoms with van der Waals surface area (Å²) in [6, 6.07) is 8.28. The molecule has 0 fully saturated rings. The third-order valence-electron chi connectivity index (χ3n) is 2.22. The van der Waals surface area contributed by atoms with Gasteiger partial charge in [-0.1, -0.05) is 42.5 Å². The zero-order valence-corrected chi connectivity index (χ0v) is 9.57. The van der Waals surface area contributed by atoms with E-state index in [9.17, 15) is 0 Å². The molecule has 0 aromatic heterocycles. The van der Waals surface area contributed by atoms with Crippen LogP contribution in [0.5, 0.6) is 0 Å². The van der Waals surface area contributed by atoms with Crippen molar-refractivity contribution in [3.8, 4) is 0 Å². The highest BCUT2D eigenvalue weighted by Gasteiger charge is 2.00. The van der Waals surface area contributed by atoms with Gasteiger partial charge < -0.3 is 0 Å². The molecule has 0 unspecified atom stereocenters. The maximum absolute atomic E-state index is 4.29. The minimum Gasteiger partial charge on any atom is -0.288 e. The number of allylic oxidation sites excluding steroid dienone is 4. The van der Waals surface area contributed by atoms with Gasteiger partial charge in [-0.05, 0) is 25.5 Å². The van der Waals surface area contributed by atoms with E-state index in [1.165, 1.54) is 11.1 Å². The topological polar surface area (TPSA) is 12.4 Å². The molecular formula is C14H17N. The zero-order chi connectivity index (χ0) is 11.1. The highest BCUT2D eigenvalue weighted by molar-refractivity contribution is 6.09. The quantitative estimate of drug-likeness (QED) is 0.521. The first-order valence-corrected chi connectivity index (χ1v) is 5.11. The molecule has 0 radical (unpaired) electrons. The van der Waals surface area contributed by atoms with Gasteiger partial charge in [-0.25, -0.2) is 0 Å². The van der Waals surface area contributed by atoms with Gasteiger partial charge in [0.05, 0.1) is 5.71 Å². The third kappa shape index (κ3) is 3.21. The van der Waals surface area contributed by atoms with Crippen LogP contribution in [-0.2, 0) is 0 Å². The summed E-state index contributed by atoms with van der Waals surface area (Å²) in [6.45, 7) is 4.10. The largest absolute Gasteiger partial charge is 0.288 e. The number of rotatable bonds is 3. The van der Waals surface area contributed by atoms with E-state index in [2.05, 4.69) is 24.0 Å². The molecule has 78 valence electrons. The smallest absolute Gasteiger partial charge is 0.0645 e. The Morgan fingerprint density at radius 2 is 1.93 bits per heavy atom. The second-order valence-corrected chi connectivity index (χ2v) is 3.31. The first-order chi connectivity index (χ1) is 7.29. The molecular weight excluding hydrogens is 182 g/mol. The molecule has 0 saturated carbocycles. The Morgan fingerprint density at radius 3 is 2.53 bits per heavy atom. The monoisotopic (exact) mass is 199 g/mol. The Bertz CT molecular complexity index is 398. The van der Waals surface area contributed by atoms with Crippen molar-refractivity contribution >= 4 is 5.71 Å². The predicted molar refractivity (Wildman–Crippen MR) is 67.6 cm³/mol. The highest BCUT2D eigenvalue weighted by Crippen LogP contribution is 2.09. The molecule has 0 heterocycles. The fourth-order valence-electron chi connectivity index (χ4n) is 1.40. The van der Waals surface area contributed by atoms with Crippen LogP contribution in [0.3, 0.4) is 0 Å². The van der Waals surface area contributed by atoms with Gasteiger partial charge in [0.2, 0.25) is 0 Å². The van der Waals surface area contributed by atoms with Gasteiger partial charge >= 0.3 is 0 Å². The Balaban J connectivity index is 2.99. The summed E-state index contributed by atoms with van der Waals surface area (Å²) in [4.78, 5) is 4.29. The molecule has 0 spiro atoms. The van der Waals surface area contributed by atoms with Crippen LogP contribution >= 0.6 is 0 Å². The second kappa shape index (κ2) is 5.97. The fourth-order valence-corrected chi connectivity index (χ4v) is 1.40. The van der Waals surface area contributed by atoms with Crippen LogP contribution in [0.2, 0.25) is 0 Å². The van der Waals surface area contributed by atoms with Gasteiger partial charge in [-0.2, -0.15) is 0 Å². The molecule has 0 N–H and O–H groups in total. The van der Waals surface area contributed by atoms with Crippen molar-refractivity contribution in [2.24, 2.45) is 4.99 Å². The van der Waals surface area contributed by atoms with Gasteiger partial charge in [0.15, 0.2) is 0 Å². The lowest BCUT2D eigenvalue weighted by atomic mass is 10.0. The lowest BCUT2D eigenvalue weighted by Gasteiger charge is -2.04. The lowest BCUT2D eigenvalue weighted by molar-refractivity contribution is 1.39. The van der Waals surface area contributed by atoms with Crippen molar-refractivity contribution in [2.75, 3.05) is 7.05 Å². The average molecular weight is 199 g/mol. The maximum atomic E-state index is 4.29. The summed E-state index contributed by atoms with van der Waals surface area (Å²) in [5.41, 5.74) is 3.47. The minimum atomic E-state index is 1.02. The highest BCUT2D eigenvalue weighted by atomic mass is 14.7. The molecule has 0 aliphatic rings. The van der Waals surface area contributed by atoms with Crippen molar-refractivity contribution in [2.45, 2.75) is 13.8 Å². The average Bonchev–Trinajstić information content (AvgIpc) is 2.26. The molecule has 1 rings (SSSR count). The van der Waals surface area contributed by atoms with Crippen LogP contribution < -0.4 is 0 Å². The standard InChI is InChI=1S/C14H17N/c1-4-5-6-11-14(15-3)13-10-8-7-9-12(13)2/h4-11H,1-3H3/b5-4-,11-6-,15-14-. The number of hydrogen-bond acceptors (Lipinski definition) is 1. The Morgan fingerprint density at radius 1 is 1.20 bits per heavy atom. The molecule has 0 saturated heterocycles. The fraction of sp³-hybridized carbons (Fsp3) is 0.214. The van der Waals surface area contributed by atoms with Crippen molar-refractivity contribution in [3.05, 3.63) is 59.7 Å². The summed E-state index contributed by atoms with van der Waals surface area (Å²) in [6.07, 6.45) is 8.04. The molecule has 0 aliphatic carbocycles. The number of hydrogen-bond donors (Lipinski definition) is 0. The van der Waals surface area contributed by atoms with Crippen LogP contribution in [0.15, 0.2) is 53.6 Å². The van der Waals surface area contributed by atoms with E-state index < -0.39 is 0 Å². The number of aryl methyl sites for hydroxylation is 1. The van der Waals surface area contributed by atoms with Crippen molar-refractivity contribution in [3.63, 3.8) is 0 Å². The van der Waals surface area contributed by atoms with Crippen molar-refractivity contribution in [1.29, 1.82) is 0 Å². The molecule has 0 atom stereocenters. The normalized spacial score (nSPS) is 12.9. The Labute approximate surface area is 91.9 Å². The van der Waals surface area contributed by atoms with Crippen LogP contribution in [0.25, 0.3) is 0 Å². The predicted octanol–water partition coefficient (Wildman–Crippen LogP) is 3.55. The van der Waals surface area contributed by atoms with E-state index in [4.69, 9.17) is 0 Å². The van der Waals surface area contributed by atoms with Gasteiger partial charge in [-0.3, -0.25) is 4.99 Å². The van der Waals surface area contributed by atoms with Gasteiger partial charge in [0.1, 0.15) is 0 Å². The second-order valence-electron chi connectivity index (χ2n) is 3.31. The van der Waals surface area contributed by atoms with E-state index in [-0.39, 0.29) is 0 Å². The number of aliphatic imine (C=N–C) groups is 1. The van der Waals surface area contributed by atoms with Crippen LogP contribution in [0.1, 0.15) is 18.1 Å². The molecule has 1 heteroatoms. The van der Waals surface area contributed by atoms with Crippen LogP contribution in [0.4, 0.5) is 0 Å². The summed E-state index contributed by atoms with van der Waals surface area (Å²) in [7, 11) is 1.82. The number of benzene rings is 1. The third-order valence-corrected chi connectivity index (χ3v) is 2.22. The molecule has 1 aromatic rings. The summed E-state index contributed by atoms with van der Waals surface area (Å²) in [5, 5.41) is 0. The summed E-state index contributed by atoms with van der Waals surface area (Å²) in [5.74, 6) is 0. The van der Waals surface area contributed by atoms with Gasteiger partial charge in [-0.15, -0.1) is 0 Å². The molecule has 1 aromatic carbocycles. The summed E-state index contributed by atoms with van der Waals surface area (Å²) >= 11 is 0. The Hall–Kier alpha value is -1.63. The number of nitrogens with zero attached hydrogens (tertiary/aromatic N) is 1. The molecule has 0 aliphatic heterocycles. The van der Waals surface area contributed by atoms with E-state index >= 15 is 0 Å². The zero-order valence-electron chi connectivity index (χ0n) is 9.57. The minimum absolute atomic E-state index is 1.02. The first-order valence-electron chi connectivity index (χ1n) is 5.11. The molecule has 1 nitrogen and oxygen atoms in total. The van der Waals surface area contributed by atoms with Gasteiger partial charge in [0, 0.05) is 12.6 Å². The molecule has 15 heavy (non-hydrogen) atoms. The summed E-state index contributed by atoms with van der Waals surface area (Å²) < 4.78 is 0. The SMILES string of the molecule is C\C=C/C=C\C(=N\C)c1ccccc1C. The van der Waals surface area contributed by atoms with E-state index in [1.807, 2.05) is 50.4 Å². The maximum Gasteiger partial charge on any atom is 0.0645 e. The van der Waals surface area contributed by atoms with Crippen LogP contribution in [-0.4, -0.2) is 12.8 Å². The van der Waals surface area contributed by atoms with Crippen molar-refractivity contribution < 1.29 is 0 Å². The van der Waals surface area contributed by atoms with Crippen molar-refractivity contribution in [1.82, 2.24) is 0 Å². The van der Waals surface area contributed by atoms with Crippen LogP contribution in [0, 0.1) is 6.92 Å².